The fourth-order valence-electron chi connectivity index (χ4n) is 3.79. The number of rotatable bonds is 6. The van der Waals surface area contributed by atoms with E-state index in [-0.39, 0.29) is 22.9 Å². The second-order valence-corrected chi connectivity index (χ2v) is 7.48. The van der Waals surface area contributed by atoms with E-state index in [0.29, 0.717) is 23.7 Å². The molecule has 4 rings (SSSR count). The molecule has 2 aromatic heterocycles. The molecule has 0 aliphatic heterocycles. The Morgan fingerprint density at radius 3 is 2.66 bits per heavy atom. The maximum Gasteiger partial charge on any atom is 0.349 e. The first-order valence-corrected chi connectivity index (χ1v) is 10.1. The van der Waals surface area contributed by atoms with Crippen LogP contribution in [0.3, 0.4) is 0 Å². The average Bonchev–Trinajstić information content (AvgIpc) is 3.30. The summed E-state index contributed by atoms with van der Waals surface area (Å²) in [7, 11) is 1.42. The highest BCUT2D eigenvalue weighted by Crippen LogP contribution is 2.33. The molecule has 2 heterocycles. The molecule has 0 spiro atoms. The van der Waals surface area contributed by atoms with Gasteiger partial charge in [-0.25, -0.2) is 9.89 Å². The van der Waals surface area contributed by atoms with Gasteiger partial charge < -0.3 is 9.47 Å². The highest BCUT2D eigenvalue weighted by atomic mass is 16.5. The van der Waals surface area contributed by atoms with Gasteiger partial charge in [-0.15, -0.1) is 10.2 Å². The molecule has 0 amide bonds. The van der Waals surface area contributed by atoms with Gasteiger partial charge >= 0.3 is 5.69 Å². The number of nitrogens with zero attached hydrogens (tertiary/aromatic N) is 4. The van der Waals surface area contributed by atoms with Gasteiger partial charge in [0.15, 0.2) is 11.5 Å². The number of ether oxygens (including phenoxy) is 2. The molecule has 11 nitrogen and oxygen atoms in total. The maximum atomic E-state index is 12.2. The van der Waals surface area contributed by atoms with Crippen molar-refractivity contribution < 1.29 is 9.47 Å². The molecule has 1 aliphatic rings. The lowest BCUT2D eigenvalue weighted by Crippen LogP contribution is -2.33. The predicted molar refractivity (Wildman–Crippen MR) is 112 cm³/mol. The summed E-state index contributed by atoms with van der Waals surface area (Å²) in [5, 5.41) is 19.2. The maximum absolute atomic E-state index is 12.2. The Kier molecular flexibility index (Phi) is 5.85. The van der Waals surface area contributed by atoms with Gasteiger partial charge in [-0.05, 0) is 24.5 Å². The number of hydrogen-bond donors (Lipinski definition) is 2. The molecule has 1 aliphatic carbocycles. The summed E-state index contributed by atoms with van der Waals surface area (Å²) in [6.07, 6.45) is 5.26. The third kappa shape index (κ3) is 4.29. The zero-order valence-electron chi connectivity index (χ0n) is 17.3. The van der Waals surface area contributed by atoms with Crippen LogP contribution < -0.4 is 26.3 Å². The molecular formula is C21H20N6O5. The van der Waals surface area contributed by atoms with Crippen LogP contribution in [-0.4, -0.2) is 32.1 Å². The third-order valence-electron chi connectivity index (χ3n) is 5.38. The summed E-state index contributed by atoms with van der Waals surface area (Å²) in [4.78, 5) is 37.9. The van der Waals surface area contributed by atoms with Gasteiger partial charge in [-0.2, -0.15) is 9.94 Å². The van der Waals surface area contributed by atoms with Crippen LogP contribution in [0.15, 0.2) is 38.6 Å². The molecule has 164 valence electrons. The molecule has 3 aromatic rings. The summed E-state index contributed by atoms with van der Waals surface area (Å²) >= 11 is 0. The van der Waals surface area contributed by atoms with Gasteiger partial charge in [0.25, 0.3) is 11.1 Å². The van der Waals surface area contributed by atoms with Crippen molar-refractivity contribution in [2.45, 2.75) is 32.1 Å². The van der Waals surface area contributed by atoms with Gasteiger partial charge in [-0.3, -0.25) is 14.6 Å². The Morgan fingerprint density at radius 2 is 1.94 bits per heavy atom. The summed E-state index contributed by atoms with van der Waals surface area (Å²) in [6.45, 7) is 0. The van der Waals surface area contributed by atoms with Crippen LogP contribution in [0.25, 0.3) is 5.69 Å². The molecule has 0 unspecified atom stereocenters. The standard InChI is InChI=1S/C21H20N6O5/c1-31-17-10-14(27-21(30)23-20(29)15(11-22)26-27)6-7-16(17)32-18-9-13(19(28)25-24-18)8-12-4-2-3-5-12/h6-7,9-10,12H,2-5,8H2,1H3,(H,25,28)(H,23,29,30). The molecule has 11 heteroatoms. The number of hydrogen-bond acceptors (Lipinski definition) is 8. The number of methoxy groups -OCH3 is 1. The topological polar surface area (TPSA) is 156 Å². The molecule has 1 saturated carbocycles. The summed E-state index contributed by atoms with van der Waals surface area (Å²) in [5.41, 5.74) is -1.48. The lowest BCUT2D eigenvalue weighted by Gasteiger charge is -2.13. The number of aromatic nitrogens is 5. The van der Waals surface area contributed by atoms with Crippen molar-refractivity contribution >= 4 is 0 Å². The largest absolute Gasteiger partial charge is 0.493 e. The summed E-state index contributed by atoms with van der Waals surface area (Å²) < 4.78 is 12.1. The van der Waals surface area contributed by atoms with Crippen LogP contribution >= 0.6 is 0 Å². The molecule has 0 bridgehead atoms. The van der Waals surface area contributed by atoms with Crippen LogP contribution in [-0.2, 0) is 6.42 Å². The van der Waals surface area contributed by atoms with Gasteiger partial charge in [0.05, 0.1) is 12.8 Å². The zero-order chi connectivity index (χ0) is 22.7. The van der Waals surface area contributed by atoms with Crippen molar-refractivity contribution in [2.75, 3.05) is 7.11 Å². The van der Waals surface area contributed by atoms with Gasteiger partial charge in [0, 0.05) is 17.7 Å². The normalized spacial score (nSPS) is 13.6. The minimum atomic E-state index is -0.863. The van der Waals surface area contributed by atoms with E-state index in [0.717, 1.165) is 17.5 Å². The molecule has 2 N–H and O–H groups in total. The lowest BCUT2D eigenvalue weighted by molar-refractivity contribution is 0.371. The van der Waals surface area contributed by atoms with Crippen LogP contribution in [0.2, 0.25) is 0 Å². The van der Waals surface area contributed by atoms with Crippen LogP contribution in [0, 0.1) is 17.2 Å². The van der Waals surface area contributed by atoms with E-state index in [9.17, 15) is 14.4 Å². The number of nitriles is 1. The Balaban J connectivity index is 1.63. The summed E-state index contributed by atoms with van der Waals surface area (Å²) in [6, 6.07) is 7.76. The van der Waals surface area contributed by atoms with E-state index >= 15 is 0 Å². The van der Waals surface area contributed by atoms with E-state index in [2.05, 4.69) is 15.3 Å². The van der Waals surface area contributed by atoms with E-state index < -0.39 is 16.9 Å². The van der Waals surface area contributed by atoms with Crippen LogP contribution in [0.5, 0.6) is 17.4 Å². The first-order chi connectivity index (χ1) is 15.5. The third-order valence-corrected chi connectivity index (χ3v) is 5.38. The van der Waals surface area contributed by atoms with Crippen LogP contribution in [0.1, 0.15) is 36.9 Å². The fraction of sp³-hybridized carbons (Fsp3) is 0.333. The van der Waals surface area contributed by atoms with E-state index in [4.69, 9.17) is 14.7 Å². The van der Waals surface area contributed by atoms with Crippen molar-refractivity contribution in [1.82, 2.24) is 25.0 Å². The van der Waals surface area contributed by atoms with E-state index in [1.807, 2.05) is 4.98 Å². The summed E-state index contributed by atoms with van der Waals surface area (Å²) in [5.74, 6) is 1.24. The zero-order valence-corrected chi connectivity index (χ0v) is 17.3. The second-order valence-electron chi connectivity index (χ2n) is 7.48. The Labute approximate surface area is 181 Å². The minimum Gasteiger partial charge on any atom is -0.493 e. The van der Waals surface area contributed by atoms with Crippen molar-refractivity contribution in [3.63, 3.8) is 0 Å². The van der Waals surface area contributed by atoms with Crippen molar-refractivity contribution in [2.24, 2.45) is 5.92 Å². The Morgan fingerprint density at radius 1 is 1.16 bits per heavy atom. The molecule has 32 heavy (non-hydrogen) atoms. The highest BCUT2D eigenvalue weighted by molar-refractivity contribution is 5.49. The van der Waals surface area contributed by atoms with E-state index in [1.165, 1.54) is 38.2 Å². The molecule has 0 saturated heterocycles. The average molecular weight is 436 g/mol. The SMILES string of the molecule is COc1cc(-n2nc(C#N)c(=O)[nH]c2=O)ccc1Oc1cc(CC2CCCC2)c(=O)[nH]n1. The molecule has 0 radical (unpaired) electrons. The quantitative estimate of drug-likeness (QED) is 0.587. The number of H-pyrrole nitrogens is 2. The lowest BCUT2D eigenvalue weighted by atomic mass is 9.99. The van der Waals surface area contributed by atoms with Crippen molar-refractivity contribution in [3.05, 3.63) is 66.7 Å². The molecular weight excluding hydrogens is 416 g/mol. The first-order valence-electron chi connectivity index (χ1n) is 10.1. The smallest absolute Gasteiger partial charge is 0.349 e. The number of benzene rings is 1. The second kappa shape index (κ2) is 8.89. The van der Waals surface area contributed by atoms with Gasteiger partial charge in [-0.1, -0.05) is 25.7 Å². The van der Waals surface area contributed by atoms with E-state index in [1.54, 1.807) is 12.1 Å². The monoisotopic (exact) mass is 436 g/mol. The molecule has 1 fully saturated rings. The van der Waals surface area contributed by atoms with Crippen molar-refractivity contribution in [3.8, 4) is 29.1 Å². The molecule has 1 aromatic carbocycles. The first kappa shape index (κ1) is 21.0. The van der Waals surface area contributed by atoms with Crippen molar-refractivity contribution in [1.29, 1.82) is 5.26 Å². The Bertz CT molecular complexity index is 1360. The fourth-order valence-corrected chi connectivity index (χ4v) is 3.79. The Hall–Kier alpha value is -4.20. The minimum absolute atomic E-state index is 0.203. The number of nitrogens with one attached hydrogen (secondary N) is 2. The number of aromatic amines is 2. The van der Waals surface area contributed by atoms with Gasteiger partial charge in [0.2, 0.25) is 11.6 Å². The highest BCUT2D eigenvalue weighted by Gasteiger charge is 2.18. The van der Waals surface area contributed by atoms with Crippen LogP contribution in [0.4, 0.5) is 0 Å². The van der Waals surface area contributed by atoms with Gasteiger partial charge in [0.1, 0.15) is 6.07 Å². The predicted octanol–water partition coefficient (Wildman–Crippen LogP) is 1.41. The molecule has 0 atom stereocenters.